The number of guanidine groups is 1. The Labute approximate surface area is 170 Å². The van der Waals surface area contributed by atoms with E-state index < -0.39 is 0 Å². The second-order valence-corrected chi connectivity index (χ2v) is 7.76. The van der Waals surface area contributed by atoms with Crippen molar-refractivity contribution in [3.8, 4) is 5.75 Å². The van der Waals surface area contributed by atoms with Gasteiger partial charge in [0.1, 0.15) is 5.75 Å². The predicted octanol–water partition coefficient (Wildman–Crippen LogP) is 1.75. The molecule has 2 N–H and O–H groups in total. The molecule has 28 heavy (non-hydrogen) atoms. The average Bonchev–Trinajstić information content (AvgIpc) is 3.19. The van der Waals surface area contributed by atoms with Crippen molar-refractivity contribution in [1.82, 2.24) is 20.4 Å². The molecule has 0 spiro atoms. The van der Waals surface area contributed by atoms with Crippen LogP contribution in [0.4, 0.5) is 0 Å². The zero-order chi connectivity index (χ0) is 19.8. The lowest BCUT2D eigenvalue weighted by Crippen LogP contribution is -2.50. The highest BCUT2D eigenvalue weighted by Crippen LogP contribution is 2.25. The lowest BCUT2D eigenvalue weighted by Gasteiger charge is -2.37. The van der Waals surface area contributed by atoms with Crippen molar-refractivity contribution in [2.24, 2.45) is 4.99 Å². The van der Waals surface area contributed by atoms with Crippen LogP contribution in [-0.4, -0.2) is 80.8 Å². The first kappa shape index (κ1) is 20.9. The monoisotopic (exact) mass is 387 g/mol. The highest BCUT2D eigenvalue weighted by Gasteiger charge is 2.20. The molecule has 0 aromatic heterocycles. The molecule has 1 fully saturated rings. The van der Waals surface area contributed by atoms with Crippen LogP contribution in [0.3, 0.4) is 0 Å². The summed E-state index contributed by atoms with van der Waals surface area (Å²) in [5.74, 6) is 1.98. The highest BCUT2D eigenvalue weighted by atomic mass is 16.5. The fourth-order valence-electron chi connectivity index (χ4n) is 3.92. The van der Waals surface area contributed by atoms with Gasteiger partial charge in [0.15, 0.2) is 5.96 Å². The number of nitrogens with zero attached hydrogens (tertiary/aromatic N) is 3. The van der Waals surface area contributed by atoms with E-state index >= 15 is 0 Å². The van der Waals surface area contributed by atoms with Crippen LogP contribution in [0.5, 0.6) is 5.75 Å². The van der Waals surface area contributed by atoms with Crippen LogP contribution in [0.1, 0.15) is 31.9 Å². The normalized spacial score (nSPS) is 19.2. The number of rotatable bonds is 8. The Morgan fingerprint density at radius 2 is 2.00 bits per heavy atom. The molecular formula is C22H37N5O. The van der Waals surface area contributed by atoms with Crippen LogP contribution in [0.25, 0.3) is 0 Å². The quantitative estimate of drug-likeness (QED) is 0.526. The molecule has 0 aliphatic carbocycles. The van der Waals surface area contributed by atoms with Gasteiger partial charge in [-0.3, -0.25) is 9.89 Å². The summed E-state index contributed by atoms with van der Waals surface area (Å²) in [7, 11) is 0. The van der Waals surface area contributed by atoms with Crippen molar-refractivity contribution in [1.29, 1.82) is 0 Å². The molecule has 1 aromatic carbocycles. The van der Waals surface area contributed by atoms with Crippen LogP contribution in [0, 0.1) is 0 Å². The Bertz CT molecular complexity index is 640. The number of benzene rings is 1. The van der Waals surface area contributed by atoms with Gasteiger partial charge in [-0.25, -0.2) is 0 Å². The number of nitrogens with one attached hydrogen (secondary N) is 2. The maximum absolute atomic E-state index is 5.59. The van der Waals surface area contributed by atoms with E-state index in [4.69, 9.17) is 9.73 Å². The summed E-state index contributed by atoms with van der Waals surface area (Å²) in [6.45, 7) is 15.9. The van der Waals surface area contributed by atoms with E-state index in [1.807, 2.05) is 0 Å². The summed E-state index contributed by atoms with van der Waals surface area (Å²) in [6, 6.07) is 7.04. The lowest BCUT2D eigenvalue weighted by molar-refractivity contribution is 0.109. The van der Waals surface area contributed by atoms with Crippen LogP contribution < -0.4 is 15.4 Å². The molecule has 1 unspecified atom stereocenters. The van der Waals surface area contributed by atoms with Crippen molar-refractivity contribution < 1.29 is 4.74 Å². The van der Waals surface area contributed by atoms with E-state index in [-0.39, 0.29) is 0 Å². The fraction of sp³-hybridized carbons (Fsp3) is 0.682. The van der Waals surface area contributed by atoms with Gasteiger partial charge < -0.3 is 20.3 Å². The molecule has 0 radical (unpaired) electrons. The van der Waals surface area contributed by atoms with Gasteiger partial charge in [-0.1, -0.05) is 19.1 Å². The van der Waals surface area contributed by atoms with Crippen LogP contribution in [0.2, 0.25) is 0 Å². The van der Waals surface area contributed by atoms with E-state index in [1.165, 1.54) is 24.2 Å². The van der Waals surface area contributed by atoms with Crippen molar-refractivity contribution in [2.45, 2.75) is 39.7 Å². The van der Waals surface area contributed by atoms with Crippen molar-refractivity contribution >= 4 is 5.96 Å². The summed E-state index contributed by atoms with van der Waals surface area (Å²) in [5, 5.41) is 6.87. The molecule has 3 rings (SSSR count). The molecule has 2 aliphatic rings. The molecule has 1 atom stereocenters. The second kappa shape index (κ2) is 10.7. The third-order valence-electron chi connectivity index (χ3n) is 5.80. The summed E-state index contributed by atoms with van der Waals surface area (Å²) in [6.07, 6.45) is 2.03. The summed E-state index contributed by atoms with van der Waals surface area (Å²) in [5.41, 5.74) is 2.70. The lowest BCUT2D eigenvalue weighted by atomic mass is 10.1. The minimum Gasteiger partial charge on any atom is -0.493 e. The first-order valence-electron chi connectivity index (χ1n) is 10.9. The maximum Gasteiger partial charge on any atom is 0.191 e. The number of aliphatic imine (C=N–C) groups is 1. The van der Waals surface area contributed by atoms with Crippen molar-refractivity contribution in [2.75, 3.05) is 59.0 Å². The SMILES string of the molecule is CCNC(=NCC(C)N1CCN(CC)CC1)NCCc1ccc2c(c1)CCO2. The van der Waals surface area contributed by atoms with Gasteiger partial charge in [-0.2, -0.15) is 0 Å². The minimum absolute atomic E-state index is 0.478. The first-order valence-corrected chi connectivity index (χ1v) is 10.9. The molecule has 2 heterocycles. The summed E-state index contributed by atoms with van der Waals surface area (Å²) in [4.78, 5) is 9.91. The summed E-state index contributed by atoms with van der Waals surface area (Å²) >= 11 is 0. The first-order chi connectivity index (χ1) is 13.7. The molecule has 1 aromatic rings. The number of hydrogen-bond donors (Lipinski definition) is 2. The van der Waals surface area contributed by atoms with Gasteiger partial charge in [-0.05, 0) is 44.0 Å². The minimum atomic E-state index is 0.478. The number of likely N-dealkylation sites (N-methyl/N-ethyl adjacent to an activating group) is 1. The standard InChI is InChI=1S/C22H37N5O/c1-4-23-22(25-17-18(3)27-13-11-26(5-2)12-14-27)24-10-8-19-6-7-21-20(16-19)9-15-28-21/h6-7,16,18H,4-5,8-15,17H2,1-3H3,(H2,23,24,25). The molecule has 0 saturated carbocycles. The Morgan fingerprint density at radius 3 is 2.75 bits per heavy atom. The third kappa shape index (κ3) is 5.85. The smallest absolute Gasteiger partial charge is 0.191 e. The molecule has 0 bridgehead atoms. The van der Waals surface area contributed by atoms with Crippen molar-refractivity contribution in [3.63, 3.8) is 0 Å². The molecule has 6 heteroatoms. The Kier molecular flexibility index (Phi) is 7.98. The Hall–Kier alpha value is -1.79. The number of hydrogen-bond acceptors (Lipinski definition) is 4. The van der Waals surface area contributed by atoms with E-state index in [9.17, 15) is 0 Å². The van der Waals surface area contributed by atoms with Gasteiger partial charge in [0, 0.05) is 51.7 Å². The molecule has 1 saturated heterocycles. The molecule has 2 aliphatic heterocycles. The Balaban J connectivity index is 1.44. The largest absolute Gasteiger partial charge is 0.493 e. The molecule has 156 valence electrons. The number of fused-ring (bicyclic) bond motifs is 1. The topological polar surface area (TPSA) is 52.1 Å². The second-order valence-electron chi connectivity index (χ2n) is 7.76. The predicted molar refractivity (Wildman–Crippen MR) is 116 cm³/mol. The van der Waals surface area contributed by atoms with Gasteiger partial charge >= 0.3 is 0 Å². The maximum atomic E-state index is 5.59. The van der Waals surface area contributed by atoms with E-state index in [2.05, 4.69) is 59.4 Å². The zero-order valence-electron chi connectivity index (χ0n) is 17.8. The zero-order valence-corrected chi connectivity index (χ0v) is 17.8. The summed E-state index contributed by atoms with van der Waals surface area (Å²) < 4.78 is 5.59. The van der Waals surface area contributed by atoms with Gasteiger partial charge in [0.2, 0.25) is 0 Å². The van der Waals surface area contributed by atoms with Crippen molar-refractivity contribution in [3.05, 3.63) is 29.3 Å². The van der Waals surface area contributed by atoms with E-state index in [1.54, 1.807) is 0 Å². The van der Waals surface area contributed by atoms with Gasteiger partial charge in [0.25, 0.3) is 0 Å². The number of ether oxygens (including phenoxy) is 1. The van der Waals surface area contributed by atoms with Gasteiger partial charge in [0.05, 0.1) is 13.2 Å². The van der Waals surface area contributed by atoms with Crippen LogP contribution in [-0.2, 0) is 12.8 Å². The van der Waals surface area contributed by atoms with Gasteiger partial charge in [-0.15, -0.1) is 0 Å². The Morgan fingerprint density at radius 1 is 1.18 bits per heavy atom. The highest BCUT2D eigenvalue weighted by molar-refractivity contribution is 5.79. The van der Waals surface area contributed by atoms with E-state index in [0.717, 1.165) is 70.4 Å². The fourth-order valence-corrected chi connectivity index (χ4v) is 3.92. The third-order valence-corrected chi connectivity index (χ3v) is 5.80. The molecule has 0 amide bonds. The molecule has 6 nitrogen and oxygen atoms in total. The number of piperazine rings is 1. The van der Waals surface area contributed by atoms with Crippen LogP contribution >= 0.6 is 0 Å². The average molecular weight is 388 g/mol. The van der Waals surface area contributed by atoms with Crippen LogP contribution in [0.15, 0.2) is 23.2 Å². The molecular weight excluding hydrogens is 350 g/mol. The van der Waals surface area contributed by atoms with E-state index in [0.29, 0.717) is 6.04 Å².